The van der Waals surface area contributed by atoms with Crippen LogP contribution in [0.15, 0.2) is 71.8 Å². The first-order chi connectivity index (χ1) is 14.8. The van der Waals surface area contributed by atoms with Crippen LogP contribution < -0.4 is 14.2 Å². The van der Waals surface area contributed by atoms with Gasteiger partial charge in [0.15, 0.2) is 11.5 Å². The Morgan fingerprint density at radius 2 is 1.67 bits per heavy atom. The summed E-state index contributed by atoms with van der Waals surface area (Å²) in [6.45, 7) is 1.11. The number of benzene rings is 3. The Hall–Kier alpha value is -3.54. The Morgan fingerprint density at radius 1 is 0.867 bits per heavy atom. The summed E-state index contributed by atoms with van der Waals surface area (Å²) in [5.41, 5.74) is 3.93. The topological polar surface area (TPSA) is 43.3 Å². The van der Waals surface area contributed by atoms with E-state index in [-0.39, 0.29) is 11.9 Å². The SMILES string of the molecule is Fc1ccc([C@H]2Oc3ccccc3[C@H]3CC(c4ccc5c(c4)OCCO5)=NN32)cc1. The average molecular weight is 402 g/mol. The molecule has 0 unspecified atom stereocenters. The minimum absolute atomic E-state index is 0.0493. The fourth-order valence-corrected chi connectivity index (χ4v) is 4.28. The van der Waals surface area contributed by atoms with Crippen molar-refractivity contribution in [2.24, 2.45) is 5.10 Å². The standard InChI is InChI=1S/C24H19FN2O3/c25-17-8-5-15(6-9-17)24-27-20(18-3-1-2-4-21(18)30-24)14-19(26-27)16-7-10-22-23(13-16)29-12-11-28-22/h1-10,13,20,24H,11-12,14H2/t20-,24-/m1/s1. The van der Waals surface area contributed by atoms with Crippen molar-refractivity contribution in [1.82, 2.24) is 5.01 Å². The van der Waals surface area contributed by atoms with Crippen molar-refractivity contribution < 1.29 is 18.6 Å². The van der Waals surface area contributed by atoms with Gasteiger partial charge in [0, 0.05) is 23.1 Å². The van der Waals surface area contributed by atoms with Gasteiger partial charge in [-0.15, -0.1) is 0 Å². The van der Waals surface area contributed by atoms with Crippen LogP contribution in [-0.4, -0.2) is 23.9 Å². The summed E-state index contributed by atoms with van der Waals surface area (Å²) in [7, 11) is 0. The lowest BCUT2D eigenvalue weighted by molar-refractivity contribution is -0.0190. The van der Waals surface area contributed by atoms with Crippen molar-refractivity contribution in [2.45, 2.75) is 18.7 Å². The van der Waals surface area contributed by atoms with Crippen molar-refractivity contribution in [3.63, 3.8) is 0 Å². The molecule has 3 aliphatic heterocycles. The number of hydrazone groups is 1. The molecule has 150 valence electrons. The van der Waals surface area contributed by atoms with Gasteiger partial charge in [0.2, 0.25) is 6.23 Å². The second-order valence-corrected chi connectivity index (χ2v) is 7.56. The molecule has 30 heavy (non-hydrogen) atoms. The van der Waals surface area contributed by atoms with E-state index >= 15 is 0 Å². The summed E-state index contributed by atoms with van der Waals surface area (Å²) in [6.07, 6.45) is 0.331. The number of fused-ring (bicyclic) bond motifs is 4. The maximum Gasteiger partial charge on any atom is 0.213 e. The largest absolute Gasteiger partial charge is 0.486 e. The van der Waals surface area contributed by atoms with E-state index in [9.17, 15) is 4.39 Å². The van der Waals surface area contributed by atoms with Crippen molar-refractivity contribution in [2.75, 3.05) is 13.2 Å². The molecule has 3 aromatic rings. The third-order valence-electron chi connectivity index (χ3n) is 5.73. The van der Waals surface area contributed by atoms with Gasteiger partial charge < -0.3 is 14.2 Å². The summed E-state index contributed by atoms with van der Waals surface area (Å²) < 4.78 is 31.2. The smallest absolute Gasteiger partial charge is 0.213 e. The Balaban J connectivity index is 1.41. The predicted molar refractivity (Wildman–Crippen MR) is 109 cm³/mol. The van der Waals surface area contributed by atoms with Crippen LogP contribution in [0.25, 0.3) is 0 Å². The van der Waals surface area contributed by atoms with E-state index in [1.54, 1.807) is 12.1 Å². The van der Waals surface area contributed by atoms with Crippen LogP contribution in [-0.2, 0) is 0 Å². The molecule has 0 N–H and O–H groups in total. The van der Waals surface area contributed by atoms with Crippen LogP contribution in [0.4, 0.5) is 4.39 Å². The van der Waals surface area contributed by atoms with E-state index < -0.39 is 6.23 Å². The van der Waals surface area contributed by atoms with Gasteiger partial charge in [0.05, 0.1) is 11.8 Å². The monoisotopic (exact) mass is 402 g/mol. The molecule has 2 atom stereocenters. The zero-order chi connectivity index (χ0) is 20.1. The number of ether oxygens (including phenoxy) is 3. The van der Waals surface area contributed by atoms with Gasteiger partial charge in [-0.25, -0.2) is 9.40 Å². The van der Waals surface area contributed by atoms with Crippen LogP contribution >= 0.6 is 0 Å². The molecular weight excluding hydrogens is 383 g/mol. The molecule has 0 saturated heterocycles. The van der Waals surface area contributed by atoms with E-state index in [1.807, 2.05) is 41.4 Å². The molecule has 3 heterocycles. The number of halogens is 1. The van der Waals surface area contributed by atoms with Crippen LogP contribution in [0.2, 0.25) is 0 Å². The number of hydrogen-bond donors (Lipinski definition) is 0. The second-order valence-electron chi connectivity index (χ2n) is 7.56. The minimum atomic E-state index is -0.416. The Kier molecular flexibility index (Phi) is 3.91. The van der Waals surface area contributed by atoms with Crippen molar-refractivity contribution in [3.05, 3.63) is 89.2 Å². The maximum absolute atomic E-state index is 13.5. The number of hydrogen-bond acceptors (Lipinski definition) is 5. The molecule has 6 rings (SSSR count). The summed E-state index contributed by atoms with van der Waals surface area (Å²) in [5, 5.41) is 6.93. The lowest BCUT2D eigenvalue weighted by Gasteiger charge is -2.38. The number of nitrogens with zero attached hydrogens (tertiary/aromatic N) is 2. The van der Waals surface area contributed by atoms with Gasteiger partial charge in [-0.3, -0.25) is 0 Å². The number of para-hydroxylation sites is 1. The van der Waals surface area contributed by atoms with E-state index in [2.05, 4.69) is 6.07 Å². The van der Waals surface area contributed by atoms with Gasteiger partial charge in [0.1, 0.15) is 24.8 Å². The van der Waals surface area contributed by atoms with Crippen molar-refractivity contribution >= 4 is 5.71 Å². The quantitative estimate of drug-likeness (QED) is 0.615. The summed E-state index contributed by atoms with van der Waals surface area (Å²) in [5.74, 6) is 2.08. The molecule has 0 spiro atoms. The fourth-order valence-electron chi connectivity index (χ4n) is 4.28. The summed E-state index contributed by atoms with van der Waals surface area (Å²) in [6, 6.07) is 20.4. The predicted octanol–water partition coefficient (Wildman–Crippen LogP) is 4.84. The number of rotatable bonds is 2. The van der Waals surface area contributed by atoms with Gasteiger partial charge in [0.25, 0.3) is 0 Å². The normalized spacial score (nSPS) is 21.4. The third-order valence-corrected chi connectivity index (χ3v) is 5.73. The highest BCUT2D eigenvalue weighted by Crippen LogP contribution is 2.47. The molecule has 6 heteroatoms. The molecule has 3 aliphatic rings. The molecule has 3 aromatic carbocycles. The first-order valence-electron chi connectivity index (χ1n) is 10.0. The lowest BCUT2D eigenvalue weighted by atomic mass is 9.95. The zero-order valence-electron chi connectivity index (χ0n) is 16.1. The van der Waals surface area contributed by atoms with Gasteiger partial charge in [-0.2, -0.15) is 5.10 Å². The fraction of sp³-hybridized carbons (Fsp3) is 0.208. The Morgan fingerprint density at radius 3 is 2.53 bits per heavy atom. The highest BCUT2D eigenvalue weighted by molar-refractivity contribution is 6.02. The molecule has 0 bridgehead atoms. The Labute approximate surface area is 173 Å². The van der Waals surface area contributed by atoms with Crippen molar-refractivity contribution in [1.29, 1.82) is 0 Å². The first kappa shape index (κ1) is 17.3. The van der Waals surface area contributed by atoms with Crippen LogP contribution in [0.3, 0.4) is 0 Å². The molecule has 5 nitrogen and oxygen atoms in total. The molecule has 0 aliphatic carbocycles. The Bertz CT molecular complexity index is 1150. The van der Waals surface area contributed by atoms with Crippen molar-refractivity contribution in [3.8, 4) is 17.2 Å². The zero-order valence-corrected chi connectivity index (χ0v) is 16.1. The molecule has 0 amide bonds. The molecular formula is C24H19FN2O3. The molecule has 0 radical (unpaired) electrons. The second kappa shape index (κ2) is 6.76. The third kappa shape index (κ3) is 2.79. The van der Waals surface area contributed by atoms with Crippen LogP contribution in [0, 0.1) is 5.82 Å². The van der Waals surface area contributed by atoms with E-state index in [4.69, 9.17) is 19.3 Å². The maximum atomic E-state index is 13.5. The van der Waals surface area contributed by atoms with Gasteiger partial charge in [-0.1, -0.05) is 30.3 Å². The van der Waals surface area contributed by atoms with Gasteiger partial charge >= 0.3 is 0 Å². The summed E-state index contributed by atoms with van der Waals surface area (Å²) >= 11 is 0. The lowest BCUT2D eigenvalue weighted by Crippen LogP contribution is -2.33. The highest BCUT2D eigenvalue weighted by Gasteiger charge is 2.41. The summed E-state index contributed by atoms with van der Waals surface area (Å²) in [4.78, 5) is 0. The molecule has 0 aromatic heterocycles. The minimum Gasteiger partial charge on any atom is -0.486 e. The van der Waals surface area contributed by atoms with E-state index in [0.29, 0.717) is 13.2 Å². The van der Waals surface area contributed by atoms with Crippen LogP contribution in [0.1, 0.15) is 35.4 Å². The van der Waals surface area contributed by atoms with Crippen LogP contribution in [0.5, 0.6) is 17.2 Å². The molecule has 0 fully saturated rings. The highest BCUT2D eigenvalue weighted by atomic mass is 19.1. The first-order valence-corrected chi connectivity index (χ1v) is 10.0. The van der Waals surface area contributed by atoms with E-state index in [1.165, 1.54) is 12.1 Å². The van der Waals surface area contributed by atoms with E-state index in [0.717, 1.165) is 46.1 Å². The average Bonchev–Trinajstić information content (AvgIpc) is 3.25. The molecule has 0 saturated carbocycles. The van der Waals surface area contributed by atoms with Gasteiger partial charge in [-0.05, 0) is 36.4 Å².